The first kappa shape index (κ1) is 20.5. The van der Waals surface area contributed by atoms with Crippen LogP contribution in [0.5, 0.6) is 5.75 Å². The Morgan fingerprint density at radius 1 is 1.06 bits per heavy atom. The molecule has 5 nitrogen and oxygen atoms in total. The van der Waals surface area contributed by atoms with Crippen LogP contribution in [0.4, 0.5) is 13.2 Å². The molecule has 0 spiro atoms. The molecule has 1 amide bonds. The van der Waals surface area contributed by atoms with Gasteiger partial charge in [0.05, 0.1) is 11.7 Å². The molecule has 0 fully saturated rings. The highest BCUT2D eigenvalue weighted by atomic mass is 19.4. The van der Waals surface area contributed by atoms with E-state index in [-0.39, 0.29) is 17.7 Å². The van der Waals surface area contributed by atoms with Crippen LogP contribution in [-0.2, 0) is 6.54 Å². The Labute approximate surface area is 176 Å². The number of carbonyl (C=O) groups excluding carboxylic acids is 1. The third-order valence-electron chi connectivity index (χ3n) is 4.86. The van der Waals surface area contributed by atoms with Gasteiger partial charge in [0.1, 0.15) is 5.75 Å². The van der Waals surface area contributed by atoms with Crippen molar-refractivity contribution in [1.29, 1.82) is 0 Å². The first-order chi connectivity index (χ1) is 14.8. The summed E-state index contributed by atoms with van der Waals surface area (Å²) >= 11 is 0. The summed E-state index contributed by atoms with van der Waals surface area (Å²) in [4.78, 5) is 14.4. The Morgan fingerprint density at radius 3 is 2.58 bits per heavy atom. The molecule has 4 aromatic rings. The van der Waals surface area contributed by atoms with Gasteiger partial charge in [-0.1, -0.05) is 48.5 Å². The highest BCUT2D eigenvalue weighted by Gasteiger charge is 2.32. The summed E-state index contributed by atoms with van der Waals surface area (Å²) in [6, 6.07) is 18.3. The standard InChI is InChI=1S/C23H18F3N3O2/c1-29(14-18-9-5-8-17-13-27-28-21(17)18)22(30)16-10-11-19(15-6-3-2-4-7-15)20(12-16)31-23(24,25)26/h2-13H,14H2,1H3,(H,27,28). The molecule has 0 aliphatic rings. The van der Waals surface area contributed by atoms with E-state index in [1.165, 1.54) is 17.0 Å². The molecule has 4 rings (SSSR count). The quantitative estimate of drug-likeness (QED) is 0.466. The minimum absolute atomic E-state index is 0.0956. The number of fused-ring (bicyclic) bond motifs is 1. The van der Waals surface area contributed by atoms with Gasteiger partial charge < -0.3 is 9.64 Å². The van der Waals surface area contributed by atoms with Crippen LogP contribution in [-0.4, -0.2) is 34.4 Å². The molecule has 0 aliphatic heterocycles. The number of amides is 1. The smallest absolute Gasteiger partial charge is 0.405 e. The normalized spacial score (nSPS) is 11.5. The molecule has 1 heterocycles. The fourth-order valence-corrected chi connectivity index (χ4v) is 3.43. The van der Waals surface area contributed by atoms with E-state index in [0.717, 1.165) is 22.5 Å². The van der Waals surface area contributed by atoms with Crippen molar-refractivity contribution in [2.24, 2.45) is 0 Å². The molecule has 0 bridgehead atoms. The van der Waals surface area contributed by atoms with Crippen LogP contribution in [0.2, 0.25) is 0 Å². The number of hydrogen-bond donors (Lipinski definition) is 1. The number of H-pyrrole nitrogens is 1. The number of para-hydroxylation sites is 1. The lowest BCUT2D eigenvalue weighted by atomic mass is 10.0. The average Bonchev–Trinajstić information content (AvgIpc) is 3.22. The van der Waals surface area contributed by atoms with Crippen LogP contribution >= 0.6 is 0 Å². The van der Waals surface area contributed by atoms with Crippen molar-refractivity contribution in [2.45, 2.75) is 12.9 Å². The van der Waals surface area contributed by atoms with E-state index >= 15 is 0 Å². The highest BCUT2D eigenvalue weighted by Crippen LogP contribution is 2.35. The van der Waals surface area contributed by atoms with Gasteiger partial charge >= 0.3 is 6.36 Å². The molecule has 158 valence electrons. The van der Waals surface area contributed by atoms with Crippen molar-refractivity contribution in [3.63, 3.8) is 0 Å². The minimum Gasteiger partial charge on any atom is -0.405 e. The Morgan fingerprint density at radius 2 is 1.84 bits per heavy atom. The molecule has 0 saturated heterocycles. The van der Waals surface area contributed by atoms with Crippen LogP contribution in [0.15, 0.2) is 72.9 Å². The van der Waals surface area contributed by atoms with Gasteiger partial charge in [-0.15, -0.1) is 13.2 Å². The predicted octanol–water partition coefficient (Wildman–Crippen LogP) is 5.40. The predicted molar refractivity (Wildman–Crippen MR) is 110 cm³/mol. The summed E-state index contributed by atoms with van der Waals surface area (Å²) in [5, 5.41) is 7.81. The monoisotopic (exact) mass is 425 g/mol. The van der Waals surface area contributed by atoms with E-state index in [9.17, 15) is 18.0 Å². The number of ether oxygens (including phenoxy) is 1. The number of rotatable bonds is 5. The van der Waals surface area contributed by atoms with Crippen molar-refractivity contribution in [3.8, 4) is 16.9 Å². The second-order valence-electron chi connectivity index (χ2n) is 7.04. The van der Waals surface area contributed by atoms with Gasteiger partial charge in [-0.3, -0.25) is 9.89 Å². The molecule has 0 unspecified atom stereocenters. The fraction of sp³-hybridized carbons (Fsp3) is 0.130. The van der Waals surface area contributed by atoms with Crippen molar-refractivity contribution < 1.29 is 22.7 Å². The molecule has 8 heteroatoms. The Bertz CT molecular complexity index is 1220. The molecule has 3 aromatic carbocycles. The van der Waals surface area contributed by atoms with Gasteiger partial charge in [0.2, 0.25) is 0 Å². The summed E-state index contributed by atoms with van der Waals surface area (Å²) in [6.07, 6.45) is -3.20. The third kappa shape index (κ3) is 4.53. The molecule has 1 aromatic heterocycles. The van der Waals surface area contributed by atoms with Gasteiger partial charge in [0.15, 0.2) is 0 Å². The summed E-state index contributed by atoms with van der Waals surface area (Å²) in [6.45, 7) is 0.258. The topological polar surface area (TPSA) is 58.2 Å². The van der Waals surface area contributed by atoms with Gasteiger partial charge in [-0.05, 0) is 29.3 Å². The molecule has 0 aliphatic carbocycles. The lowest BCUT2D eigenvalue weighted by Crippen LogP contribution is -2.26. The average molecular weight is 425 g/mol. The number of hydrogen-bond acceptors (Lipinski definition) is 3. The number of halogens is 3. The summed E-state index contributed by atoms with van der Waals surface area (Å²) in [7, 11) is 1.59. The van der Waals surface area contributed by atoms with Gasteiger partial charge in [0.25, 0.3) is 5.91 Å². The lowest BCUT2D eigenvalue weighted by Gasteiger charge is -2.19. The van der Waals surface area contributed by atoms with E-state index in [1.807, 2.05) is 18.2 Å². The van der Waals surface area contributed by atoms with Crippen LogP contribution in [0, 0.1) is 0 Å². The van der Waals surface area contributed by atoms with Crippen molar-refractivity contribution in [3.05, 3.63) is 84.1 Å². The number of alkyl halides is 3. The largest absolute Gasteiger partial charge is 0.573 e. The number of nitrogens with one attached hydrogen (secondary N) is 1. The zero-order valence-corrected chi connectivity index (χ0v) is 16.5. The van der Waals surface area contributed by atoms with E-state index in [2.05, 4.69) is 14.9 Å². The summed E-state index contributed by atoms with van der Waals surface area (Å²) in [5.74, 6) is -0.850. The number of aromatic nitrogens is 2. The van der Waals surface area contributed by atoms with Crippen molar-refractivity contribution >= 4 is 16.8 Å². The third-order valence-corrected chi connectivity index (χ3v) is 4.86. The van der Waals surface area contributed by atoms with Gasteiger partial charge in [-0.2, -0.15) is 5.10 Å². The van der Waals surface area contributed by atoms with Crippen LogP contribution < -0.4 is 4.74 Å². The van der Waals surface area contributed by atoms with Crippen LogP contribution in [0.25, 0.3) is 22.0 Å². The maximum Gasteiger partial charge on any atom is 0.573 e. The SMILES string of the molecule is CN(Cc1cccc2cn[nH]c12)C(=O)c1ccc(-c2ccccc2)c(OC(F)(F)F)c1. The van der Waals surface area contributed by atoms with Crippen molar-refractivity contribution in [2.75, 3.05) is 7.05 Å². The number of nitrogens with zero attached hydrogens (tertiary/aromatic N) is 2. The van der Waals surface area contributed by atoms with Gasteiger partial charge in [-0.25, -0.2) is 0 Å². The lowest BCUT2D eigenvalue weighted by molar-refractivity contribution is -0.274. The zero-order valence-electron chi connectivity index (χ0n) is 16.5. The molecule has 0 atom stereocenters. The van der Waals surface area contributed by atoms with Crippen LogP contribution in [0.3, 0.4) is 0 Å². The number of aromatic amines is 1. The molecule has 0 saturated carbocycles. The van der Waals surface area contributed by atoms with E-state index in [1.54, 1.807) is 43.6 Å². The second-order valence-corrected chi connectivity index (χ2v) is 7.04. The first-order valence-electron chi connectivity index (χ1n) is 9.43. The maximum absolute atomic E-state index is 13.0. The summed E-state index contributed by atoms with van der Waals surface area (Å²) < 4.78 is 43.3. The highest BCUT2D eigenvalue weighted by molar-refractivity contribution is 5.95. The molecular formula is C23H18F3N3O2. The zero-order chi connectivity index (χ0) is 22.0. The number of benzene rings is 3. The molecule has 1 N–H and O–H groups in total. The van der Waals surface area contributed by atoms with E-state index in [0.29, 0.717) is 5.56 Å². The number of carbonyl (C=O) groups is 1. The second kappa shape index (κ2) is 8.14. The minimum atomic E-state index is -4.88. The maximum atomic E-state index is 13.0. The molecule has 31 heavy (non-hydrogen) atoms. The first-order valence-corrected chi connectivity index (χ1v) is 9.43. The van der Waals surface area contributed by atoms with E-state index < -0.39 is 18.0 Å². The van der Waals surface area contributed by atoms with Crippen LogP contribution in [0.1, 0.15) is 15.9 Å². The Balaban J connectivity index is 1.64. The summed E-state index contributed by atoms with van der Waals surface area (Å²) in [5.41, 5.74) is 2.55. The Kier molecular flexibility index (Phi) is 5.37. The Hall–Kier alpha value is -3.81. The molecule has 0 radical (unpaired) electrons. The van der Waals surface area contributed by atoms with E-state index in [4.69, 9.17) is 0 Å². The molecular weight excluding hydrogens is 407 g/mol. The fourth-order valence-electron chi connectivity index (χ4n) is 3.43. The van der Waals surface area contributed by atoms with Crippen molar-refractivity contribution in [1.82, 2.24) is 15.1 Å². The van der Waals surface area contributed by atoms with Gasteiger partial charge in [0, 0.05) is 30.1 Å².